The normalized spacial score (nSPS) is 14.7. The van der Waals surface area contributed by atoms with Crippen LogP contribution in [0.4, 0.5) is 0 Å². The maximum absolute atomic E-state index is 12.0. The standard InChI is InChI=1S/C14H20N2O4S/c1-5-10-15-14(2,13(17)18)11-6-8-12(9-7-11)21(19,20)16(3)4/h5-9,15H,1,10H2,2-4H3,(H,17,18). The molecule has 0 amide bonds. The summed E-state index contributed by atoms with van der Waals surface area (Å²) in [5.74, 6) is -1.05. The van der Waals surface area contributed by atoms with Gasteiger partial charge in [-0.25, -0.2) is 17.5 Å². The van der Waals surface area contributed by atoms with Crippen molar-refractivity contribution in [3.63, 3.8) is 0 Å². The summed E-state index contributed by atoms with van der Waals surface area (Å²) in [5.41, 5.74) is -0.844. The third kappa shape index (κ3) is 3.49. The average Bonchev–Trinajstić information content (AvgIpc) is 2.44. The van der Waals surface area contributed by atoms with E-state index in [9.17, 15) is 18.3 Å². The van der Waals surface area contributed by atoms with Gasteiger partial charge in [0.05, 0.1) is 4.90 Å². The number of benzene rings is 1. The molecule has 0 aromatic heterocycles. The van der Waals surface area contributed by atoms with Crippen molar-refractivity contribution in [1.29, 1.82) is 0 Å². The van der Waals surface area contributed by atoms with Gasteiger partial charge in [0.15, 0.2) is 0 Å². The maximum atomic E-state index is 12.0. The number of sulfonamides is 1. The Morgan fingerprint density at radius 2 is 1.90 bits per heavy atom. The van der Waals surface area contributed by atoms with Crippen LogP contribution in [0, 0.1) is 0 Å². The van der Waals surface area contributed by atoms with E-state index in [1.165, 1.54) is 45.3 Å². The van der Waals surface area contributed by atoms with Crippen molar-refractivity contribution in [2.24, 2.45) is 0 Å². The monoisotopic (exact) mass is 312 g/mol. The van der Waals surface area contributed by atoms with Gasteiger partial charge in [-0.15, -0.1) is 6.58 Å². The summed E-state index contributed by atoms with van der Waals surface area (Å²) in [6.45, 7) is 5.38. The molecule has 0 bridgehead atoms. The van der Waals surface area contributed by atoms with Crippen LogP contribution in [0.1, 0.15) is 12.5 Å². The third-order valence-corrected chi connectivity index (χ3v) is 5.07. The molecule has 1 unspecified atom stereocenters. The number of nitrogens with zero attached hydrogens (tertiary/aromatic N) is 1. The molecule has 2 N–H and O–H groups in total. The number of carboxylic acids is 1. The Kier molecular flexibility index (Phi) is 5.27. The molecule has 1 rings (SSSR count). The maximum Gasteiger partial charge on any atom is 0.328 e. The van der Waals surface area contributed by atoms with Crippen molar-refractivity contribution in [1.82, 2.24) is 9.62 Å². The smallest absolute Gasteiger partial charge is 0.328 e. The fraction of sp³-hybridized carbons (Fsp3) is 0.357. The highest BCUT2D eigenvalue weighted by atomic mass is 32.2. The lowest BCUT2D eigenvalue weighted by atomic mass is 9.92. The van der Waals surface area contributed by atoms with Gasteiger partial charge in [0.2, 0.25) is 10.0 Å². The molecule has 0 aliphatic carbocycles. The van der Waals surface area contributed by atoms with Gasteiger partial charge < -0.3 is 5.11 Å². The van der Waals surface area contributed by atoms with Gasteiger partial charge in [0, 0.05) is 20.6 Å². The molecule has 6 nitrogen and oxygen atoms in total. The van der Waals surface area contributed by atoms with Gasteiger partial charge in [-0.3, -0.25) is 5.32 Å². The summed E-state index contributed by atoms with van der Waals surface area (Å²) < 4.78 is 25.1. The van der Waals surface area contributed by atoms with Gasteiger partial charge in [0.1, 0.15) is 5.54 Å². The third-order valence-electron chi connectivity index (χ3n) is 3.24. The highest BCUT2D eigenvalue weighted by molar-refractivity contribution is 7.89. The van der Waals surface area contributed by atoms with Crippen LogP contribution in [-0.2, 0) is 20.4 Å². The Morgan fingerprint density at radius 1 is 1.38 bits per heavy atom. The minimum Gasteiger partial charge on any atom is -0.480 e. The molecule has 0 radical (unpaired) electrons. The molecule has 1 aromatic carbocycles. The number of nitrogens with one attached hydrogen (secondary N) is 1. The molecule has 0 aliphatic heterocycles. The molecule has 0 aliphatic rings. The number of carboxylic acid groups (broad SMARTS) is 1. The summed E-state index contributed by atoms with van der Waals surface area (Å²) >= 11 is 0. The predicted octanol–water partition coefficient (Wildman–Crippen LogP) is 1.01. The summed E-state index contributed by atoms with van der Waals surface area (Å²) in [7, 11) is -0.646. The van der Waals surface area contributed by atoms with Gasteiger partial charge in [-0.05, 0) is 24.6 Å². The number of hydrogen-bond acceptors (Lipinski definition) is 4. The summed E-state index contributed by atoms with van der Waals surface area (Å²) in [6.07, 6.45) is 1.56. The topological polar surface area (TPSA) is 86.7 Å². The molecule has 7 heteroatoms. The first-order valence-electron chi connectivity index (χ1n) is 6.28. The predicted molar refractivity (Wildman–Crippen MR) is 80.5 cm³/mol. The lowest BCUT2D eigenvalue weighted by Crippen LogP contribution is -2.46. The molecule has 1 atom stereocenters. The molecular weight excluding hydrogens is 292 g/mol. The van der Waals surface area contributed by atoms with Crippen LogP contribution in [0.3, 0.4) is 0 Å². The van der Waals surface area contributed by atoms with Crippen molar-refractivity contribution in [3.8, 4) is 0 Å². The molecular formula is C14H20N2O4S. The Labute approximate surface area is 125 Å². The van der Waals surface area contributed by atoms with Crippen molar-refractivity contribution in [3.05, 3.63) is 42.5 Å². The Bertz CT molecular complexity index is 623. The fourth-order valence-corrected chi connectivity index (χ4v) is 2.65. The first-order valence-corrected chi connectivity index (χ1v) is 7.72. The zero-order valence-electron chi connectivity index (χ0n) is 12.3. The van der Waals surface area contributed by atoms with Crippen LogP contribution < -0.4 is 5.32 Å². The van der Waals surface area contributed by atoms with Crippen LogP contribution in [0.5, 0.6) is 0 Å². The largest absolute Gasteiger partial charge is 0.480 e. The molecule has 0 fully saturated rings. The van der Waals surface area contributed by atoms with Gasteiger partial charge in [-0.1, -0.05) is 18.2 Å². The van der Waals surface area contributed by atoms with Gasteiger partial charge in [-0.2, -0.15) is 0 Å². The first kappa shape index (κ1) is 17.4. The molecule has 0 saturated heterocycles. The molecule has 21 heavy (non-hydrogen) atoms. The van der Waals surface area contributed by atoms with Crippen LogP contribution in [0.2, 0.25) is 0 Å². The Hall–Kier alpha value is -1.70. The van der Waals surface area contributed by atoms with E-state index in [0.717, 1.165) is 4.31 Å². The van der Waals surface area contributed by atoms with Crippen molar-refractivity contribution in [2.75, 3.05) is 20.6 Å². The highest BCUT2D eigenvalue weighted by Crippen LogP contribution is 2.23. The van der Waals surface area contributed by atoms with E-state index in [0.29, 0.717) is 12.1 Å². The van der Waals surface area contributed by atoms with Gasteiger partial charge in [0.25, 0.3) is 0 Å². The molecule has 116 valence electrons. The number of hydrogen-bond donors (Lipinski definition) is 2. The van der Waals surface area contributed by atoms with E-state index in [2.05, 4.69) is 11.9 Å². The van der Waals surface area contributed by atoms with E-state index in [1.807, 2.05) is 0 Å². The fourth-order valence-electron chi connectivity index (χ4n) is 1.75. The van der Waals surface area contributed by atoms with Crippen LogP contribution in [-0.4, -0.2) is 44.4 Å². The lowest BCUT2D eigenvalue weighted by Gasteiger charge is -2.26. The molecule has 0 heterocycles. The lowest BCUT2D eigenvalue weighted by molar-refractivity contribution is -0.144. The second kappa shape index (κ2) is 6.38. The highest BCUT2D eigenvalue weighted by Gasteiger charge is 2.34. The number of aliphatic carboxylic acids is 1. The van der Waals surface area contributed by atoms with Gasteiger partial charge >= 0.3 is 5.97 Å². The van der Waals surface area contributed by atoms with E-state index < -0.39 is 21.5 Å². The van der Waals surface area contributed by atoms with E-state index in [1.54, 1.807) is 6.08 Å². The Morgan fingerprint density at radius 3 is 2.29 bits per heavy atom. The van der Waals surface area contributed by atoms with Crippen LogP contribution in [0.15, 0.2) is 41.8 Å². The van der Waals surface area contributed by atoms with Crippen molar-refractivity contribution < 1.29 is 18.3 Å². The van der Waals surface area contributed by atoms with E-state index in [-0.39, 0.29) is 4.90 Å². The second-order valence-corrected chi connectivity index (χ2v) is 7.06. The zero-order valence-corrected chi connectivity index (χ0v) is 13.1. The van der Waals surface area contributed by atoms with E-state index >= 15 is 0 Å². The van der Waals surface area contributed by atoms with Crippen LogP contribution in [0.25, 0.3) is 0 Å². The second-order valence-electron chi connectivity index (χ2n) is 4.91. The summed E-state index contributed by atoms with van der Waals surface area (Å²) in [4.78, 5) is 11.6. The minimum absolute atomic E-state index is 0.118. The molecule has 0 saturated carbocycles. The minimum atomic E-state index is -3.53. The summed E-state index contributed by atoms with van der Waals surface area (Å²) in [6, 6.07) is 5.81. The van der Waals surface area contributed by atoms with E-state index in [4.69, 9.17) is 0 Å². The quantitative estimate of drug-likeness (QED) is 0.734. The SMILES string of the molecule is C=CCNC(C)(C(=O)O)c1ccc(S(=O)(=O)N(C)C)cc1. The zero-order chi connectivity index (χ0) is 16.3. The van der Waals surface area contributed by atoms with Crippen LogP contribution >= 0.6 is 0 Å². The van der Waals surface area contributed by atoms with Crippen molar-refractivity contribution in [2.45, 2.75) is 17.4 Å². The first-order chi connectivity index (χ1) is 9.66. The molecule has 0 spiro atoms. The number of rotatable bonds is 7. The number of carbonyl (C=O) groups is 1. The Balaban J connectivity index is 3.21. The average molecular weight is 312 g/mol. The van der Waals surface area contributed by atoms with Crippen molar-refractivity contribution >= 4 is 16.0 Å². The molecule has 1 aromatic rings. The summed E-state index contributed by atoms with van der Waals surface area (Å²) in [5, 5.41) is 12.3.